The van der Waals surface area contributed by atoms with Gasteiger partial charge in [0.25, 0.3) is 0 Å². The highest BCUT2D eigenvalue weighted by molar-refractivity contribution is 5.73. The lowest BCUT2D eigenvalue weighted by Crippen LogP contribution is -2.24. The number of nitrogens with zero attached hydrogens (tertiary/aromatic N) is 2. The number of nitriles is 1. The van der Waals surface area contributed by atoms with Gasteiger partial charge >= 0.3 is 5.97 Å². The molecule has 39 heavy (non-hydrogen) atoms. The highest BCUT2D eigenvalue weighted by Crippen LogP contribution is 2.59. The summed E-state index contributed by atoms with van der Waals surface area (Å²) in [7, 11) is 0. The Kier molecular flexibility index (Phi) is 7.75. The van der Waals surface area contributed by atoms with Gasteiger partial charge in [-0.2, -0.15) is 5.26 Å². The summed E-state index contributed by atoms with van der Waals surface area (Å²) in [6.45, 7) is 2.83. The van der Waals surface area contributed by atoms with E-state index in [0.717, 1.165) is 30.4 Å². The molecule has 5 rings (SSSR count). The van der Waals surface area contributed by atoms with Crippen LogP contribution in [0.4, 0.5) is 18.9 Å². The second-order valence-corrected chi connectivity index (χ2v) is 10.1. The molecule has 1 unspecified atom stereocenters. The quantitative estimate of drug-likeness (QED) is 0.259. The van der Waals surface area contributed by atoms with Crippen molar-refractivity contribution < 1.29 is 27.8 Å². The zero-order valence-corrected chi connectivity index (χ0v) is 21.1. The first-order valence-corrected chi connectivity index (χ1v) is 12.9. The minimum atomic E-state index is -1.17. The Balaban J connectivity index is 1.10. The number of carboxylic acids is 1. The average Bonchev–Trinajstić information content (AvgIpc) is 3.42. The van der Waals surface area contributed by atoms with E-state index >= 15 is 0 Å². The second-order valence-electron chi connectivity index (χ2n) is 10.1. The third-order valence-electron chi connectivity index (χ3n) is 7.58. The molecule has 0 bridgehead atoms. The maximum atomic E-state index is 14.1. The van der Waals surface area contributed by atoms with Crippen LogP contribution in [0.1, 0.15) is 22.6 Å². The minimum absolute atomic E-state index is 0.146. The zero-order valence-electron chi connectivity index (χ0n) is 21.1. The molecule has 6 nitrogen and oxygen atoms in total. The van der Waals surface area contributed by atoms with Crippen molar-refractivity contribution in [1.82, 2.24) is 4.90 Å². The molecule has 1 aliphatic heterocycles. The Morgan fingerprint density at radius 1 is 1.05 bits per heavy atom. The number of carboxylic acid groups (broad SMARTS) is 1. The van der Waals surface area contributed by atoms with Crippen molar-refractivity contribution >= 4 is 11.7 Å². The van der Waals surface area contributed by atoms with Crippen molar-refractivity contribution in [2.45, 2.75) is 18.9 Å². The molecule has 1 aliphatic carbocycles. The molecule has 9 heteroatoms. The largest absolute Gasteiger partial charge is 0.492 e. The number of hydrogen-bond donors (Lipinski definition) is 2. The molecular weight excluding hydrogens is 507 g/mol. The highest BCUT2D eigenvalue weighted by Gasteiger charge is 2.56. The number of rotatable bonds is 11. The monoisotopic (exact) mass is 535 g/mol. The Bertz CT molecular complexity index is 1380. The van der Waals surface area contributed by atoms with Crippen molar-refractivity contribution in [3.05, 3.63) is 94.8 Å². The molecule has 3 aromatic rings. The second kappa shape index (κ2) is 11.4. The summed E-state index contributed by atoms with van der Waals surface area (Å²) in [6.07, 6.45) is 0.146. The van der Waals surface area contributed by atoms with E-state index in [1.54, 1.807) is 30.3 Å². The van der Waals surface area contributed by atoms with Crippen molar-refractivity contribution in [3.63, 3.8) is 0 Å². The summed E-state index contributed by atoms with van der Waals surface area (Å²) in [4.78, 5) is 13.1. The van der Waals surface area contributed by atoms with E-state index in [2.05, 4.69) is 16.3 Å². The van der Waals surface area contributed by atoms with Gasteiger partial charge in [-0.1, -0.05) is 30.3 Å². The van der Waals surface area contributed by atoms with Gasteiger partial charge in [-0.05, 0) is 59.6 Å². The van der Waals surface area contributed by atoms with Crippen molar-refractivity contribution in [2.75, 3.05) is 31.6 Å². The summed E-state index contributed by atoms with van der Waals surface area (Å²) < 4.78 is 46.7. The molecule has 202 valence electrons. The number of carbonyl (C=O) groups is 1. The average molecular weight is 536 g/mol. The van der Waals surface area contributed by atoms with Gasteiger partial charge in [0.05, 0.1) is 6.07 Å². The molecule has 0 aromatic heterocycles. The molecule has 2 fully saturated rings. The van der Waals surface area contributed by atoms with Gasteiger partial charge in [-0.3, -0.25) is 9.69 Å². The third kappa shape index (κ3) is 6.02. The SMILES string of the molecule is N#C[C@H](Cc1ccc(OCCNc2ccccc2[C@@H]2C3CN(Cc4cc(F)c(F)cc4F)C[C@@H]32)cc1)C(=O)O. The summed E-state index contributed by atoms with van der Waals surface area (Å²) in [6, 6.07) is 18.6. The van der Waals surface area contributed by atoms with E-state index < -0.39 is 29.3 Å². The standard InChI is InChI=1S/C30H28F3N3O3/c31-25-13-27(33)26(32)12-20(25)15-36-16-23-24(17-36)29(23)22-3-1-2-4-28(22)35-9-10-39-21-7-5-18(6-8-21)11-19(14-34)30(37)38/h1-8,12-13,19,23-24,29,35H,9-11,15-17H2,(H,37,38)/t19-,23-,24?,29-/m0/s1. The van der Waals surface area contributed by atoms with Gasteiger partial charge in [-0.25, -0.2) is 13.2 Å². The third-order valence-corrected chi connectivity index (χ3v) is 7.58. The van der Waals surface area contributed by atoms with Crippen LogP contribution in [0.15, 0.2) is 60.7 Å². The van der Waals surface area contributed by atoms with Gasteiger partial charge in [-0.15, -0.1) is 0 Å². The van der Waals surface area contributed by atoms with Crippen molar-refractivity contribution in [3.8, 4) is 11.8 Å². The van der Waals surface area contributed by atoms with Crippen LogP contribution in [0.5, 0.6) is 5.75 Å². The van der Waals surface area contributed by atoms with Crippen LogP contribution in [0.3, 0.4) is 0 Å². The van der Waals surface area contributed by atoms with Gasteiger partial charge in [0, 0.05) is 43.5 Å². The van der Waals surface area contributed by atoms with Crippen molar-refractivity contribution in [1.29, 1.82) is 5.26 Å². The van der Waals surface area contributed by atoms with Gasteiger partial charge in [0.1, 0.15) is 24.1 Å². The molecule has 1 saturated carbocycles. The molecule has 1 saturated heterocycles. The van der Waals surface area contributed by atoms with Crippen LogP contribution in [0.2, 0.25) is 0 Å². The number of benzene rings is 3. The number of nitrogens with one attached hydrogen (secondary N) is 1. The molecule has 0 spiro atoms. The minimum Gasteiger partial charge on any atom is -0.492 e. The van der Waals surface area contributed by atoms with Crippen molar-refractivity contribution in [2.24, 2.45) is 17.8 Å². The number of aliphatic carboxylic acids is 1. The zero-order chi connectivity index (χ0) is 27.5. The summed E-state index contributed by atoms with van der Waals surface area (Å²) in [5, 5.41) is 21.4. The fourth-order valence-corrected chi connectivity index (χ4v) is 5.58. The Morgan fingerprint density at radius 3 is 2.44 bits per heavy atom. The highest BCUT2D eigenvalue weighted by atomic mass is 19.2. The number of hydrogen-bond acceptors (Lipinski definition) is 5. The van der Waals surface area contributed by atoms with Gasteiger partial charge < -0.3 is 15.2 Å². The lowest BCUT2D eigenvalue weighted by Gasteiger charge is -2.21. The number of anilines is 1. The summed E-state index contributed by atoms with van der Waals surface area (Å²) in [5.74, 6) is -3.18. The Labute approximate surface area is 224 Å². The summed E-state index contributed by atoms with van der Waals surface area (Å²) in [5.41, 5.74) is 3.22. The number of ether oxygens (including phenoxy) is 1. The van der Waals surface area contributed by atoms with E-state index in [9.17, 15) is 18.0 Å². The predicted molar refractivity (Wildman–Crippen MR) is 139 cm³/mol. The first-order valence-electron chi connectivity index (χ1n) is 12.9. The molecule has 1 heterocycles. The van der Waals surface area contributed by atoms with Crippen LogP contribution < -0.4 is 10.1 Å². The predicted octanol–water partition coefficient (Wildman–Crippen LogP) is 5.21. The molecule has 2 aliphatic rings. The molecule has 0 amide bonds. The Morgan fingerprint density at radius 2 is 1.74 bits per heavy atom. The van der Waals surface area contributed by atoms with Crippen LogP contribution in [0, 0.1) is 46.5 Å². The van der Waals surface area contributed by atoms with E-state index in [1.807, 2.05) is 18.2 Å². The smallest absolute Gasteiger partial charge is 0.321 e. The summed E-state index contributed by atoms with van der Waals surface area (Å²) >= 11 is 0. The van der Waals surface area contributed by atoms with E-state index in [-0.39, 0.29) is 18.5 Å². The first kappa shape index (κ1) is 26.6. The fourth-order valence-electron chi connectivity index (χ4n) is 5.58. The topological polar surface area (TPSA) is 85.6 Å². The first-order chi connectivity index (χ1) is 18.8. The number of piperidine rings is 1. The number of halogens is 3. The molecule has 2 N–H and O–H groups in total. The molecular formula is C30H28F3N3O3. The molecule has 4 atom stereocenters. The molecule has 3 aromatic carbocycles. The lowest BCUT2D eigenvalue weighted by atomic mass is 10.0. The van der Waals surface area contributed by atoms with E-state index in [1.165, 1.54) is 5.56 Å². The van der Waals surface area contributed by atoms with Crippen LogP contribution in [-0.2, 0) is 17.8 Å². The normalized spacial score (nSPS) is 20.6. The maximum absolute atomic E-state index is 14.1. The Hall–Kier alpha value is -4.03. The van der Waals surface area contributed by atoms with Crippen LogP contribution in [0.25, 0.3) is 0 Å². The number of likely N-dealkylation sites (tertiary alicyclic amines) is 1. The maximum Gasteiger partial charge on any atom is 0.321 e. The fraction of sp³-hybridized carbons (Fsp3) is 0.333. The van der Waals surface area contributed by atoms with Crippen LogP contribution >= 0.6 is 0 Å². The van der Waals surface area contributed by atoms with Gasteiger partial charge in [0.15, 0.2) is 11.6 Å². The molecule has 0 radical (unpaired) electrons. The van der Waals surface area contributed by atoms with Gasteiger partial charge in [0.2, 0.25) is 0 Å². The lowest BCUT2D eigenvalue weighted by molar-refractivity contribution is -0.139. The van der Waals surface area contributed by atoms with E-state index in [0.29, 0.717) is 42.7 Å². The number of fused-ring (bicyclic) bond motifs is 1. The van der Waals surface area contributed by atoms with Crippen LogP contribution in [-0.4, -0.2) is 42.2 Å². The van der Waals surface area contributed by atoms with E-state index in [4.69, 9.17) is 15.1 Å². The number of para-hydroxylation sites is 1.